The molecule has 2 rings (SSSR count). The van der Waals surface area contributed by atoms with Gasteiger partial charge in [-0.3, -0.25) is 0 Å². The van der Waals surface area contributed by atoms with Crippen LogP contribution in [0.5, 0.6) is 0 Å². The van der Waals surface area contributed by atoms with Crippen molar-refractivity contribution in [1.82, 2.24) is 5.32 Å². The Bertz CT molecular complexity index is 402. The first kappa shape index (κ1) is 12.1. The predicted octanol–water partition coefficient (Wildman–Crippen LogP) is 0.782. The van der Waals surface area contributed by atoms with E-state index in [1.165, 1.54) is 0 Å². The van der Waals surface area contributed by atoms with Gasteiger partial charge in [-0.15, -0.1) is 0 Å². The van der Waals surface area contributed by atoms with Crippen molar-refractivity contribution < 1.29 is 14.3 Å². The highest BCUT2D eigenvalue weighted by molar-refractivity contribution is 5.18. The zero-order chi connectivity index (χ0) is 12.1. The lowest BCUT2D eigenvalue weighted by Gasteiger charge is -2.32. The van der Waals surface area contributed by atoms with E-state index in [2.05, 4.69) is 5.32 Å². The minimum absolute atomic E-state index is 0.312. The average molecular weight is 236 g/mol. The third-order valence-electron chi connectivity index (χ3n) is 2.95. The highest BCUT2D eigenvalue weighted by Crippen LogP contribution is 2.19. The number of aliphatic hydroxyl groups is 1. The van der Waals surface area contributed by atoms with Gasteiger partial charge in [0.15, 0.2) is 0 Å². The van der Waals surface area contributed by atoms with Gasteiger partial charge in [-0.1, -0.05) is 0 Å². The smallest absolute Gasteiger partial charge is 0.203 e. The lowest BCUT2D eigenvalue weighted by Crippen LogP contribution is -2.44. The molecule has 0 bridgehead atoms. The van der Waals surface area contributed by atoms with Crippen LogP contribution < -0.4 is 5.32 Å². The van der Waals surface area contributed by atoms with Gasteiger partial charge >= 0.3 is 0 Å². The number of hydrogen-bond acceptors (Lipinski definition) is 5. The van der Waals surface area contributed by atoms with E-state index in [4.69, 9.17) is 14.4 Å². The van der Waals surface area contributed by atoms with E-state index in [-0.39, 0.29) is 0 Å². The van der Waals surface area contributed by atoms with Gasteiger partial charge < -0.3 is 19.6 Å². The number of ether oxygens (including phenoxy) is 1. The minimum Gasteiger partial charge on any atom is -0.449 e. The molecule has 17 heavy (non-hydrogen) atoms. The Morgan fingerprint density at radius 2 is 2.18 bits per heavy atom. The second-order valence-corrected chi connectivity index (χ2v) is 4.32. The molecule has 1 fully saturated rings. The third-order valence-corrected chi connectivity index (χ3v) is 2.95. The summed E-state index contributed by atoms with van der Waals surface area (Å²) >= 11 is 0. The maximum atomic E-state index is 10.2. The molecule has 0 amide bonds. The van der Waals surface area contributed by atoms with Gasteiger partial charge in [0.2, 0.25) is 5.76 Å². The Kier molecular flexibility index (Phi) is 3.79. The highest BCUT2D eigenvalue weighted by Gasteiger charge is 2.29. The molecule has 0 atom stereocenters. The van der Waals surface area contributed by atoms with Crippen LogP contribution in [0.4, 0.5) is 0 Å². The van der Waals surface area contributed by atoms with Crippen LogP contribution in [0.1, 0.15) is 24.4 Å². The van der Waals surface area contributed by atoms with E-state index in [0.717, 1.165) is 0 Å². The lowest BCUT2D eigenvalue weighted by atomic mass is 9.94. The number of nitriles is 1. The maximum absolute atomic E-state index is 10.2. The molecule has 5 nitrogen and oxygen atoms in total. The first-order valence-corrected chi connectivity index (χ1v) is 5.71. The Labute approximate surface area is 100.0 Å². The van der Waals surface area contributed by atoms with E-state index in [1.54, 1.807) is 12.1 Å². The summed E-state index contributed by atoms with van der Waals surface area (Å²) in [5.41, 5.74) is -0.678. The maximum Gasteiger partial charge on any atom is 0.203 e. The molecule has 1 saturated heterocycles. The van der Waals surface area contributed by atoms with Crippen molar-refractivity contribution in [3.63, 3.8) is 0 Å². The third kappa shape index (κ3) is 3.30. The van der Waals surface area contributed by atoms with E-state index in [9.17, 15) is 5.11 Å². The first-order valence-electron chi connectivity index (χ1n) is 5.71. The van der Waals surface area contributed by atoms with E-state index in [0.29, 0.717) is 50.7 Å². The summed E-state index contributed by atoms with van der Waals surface area (Å²) in [5, 5.41) is 21.9. The summed E-state index contributed by atoms with van der Waals surface area (Å²) in [5.74, 6) is 1.02. The second kappa shape index (κ2) is 5.32. The average Bonchev–Trinajstić information content (AvgIpc) is 2.78. The molecule has 2 heterocycles. The van der Waals surface area contributed by atoms with Gasteiger partial charge in [-0.25, -0.2) is 0 Å². The van der Waals surface area contributed by atoms with E-state index in [1.807, 2.05) is 6.07 Å². The molecule has 0 radical (unpaired) electrons. The lowest BCUT2D eigenvalue weighted by molar-refractivity contribution is -0.0618. The minimum atomic E-state index is -0.678. The number of hydrogen-bond donors (Lipinski definition) is 2. The molecule has 0 aromatic carbocycles. The topological polar surface area (TPSA) is 78.4 Å². The molecule has 1 aliphatic heterocycles. The van der Waals surface area contributed by atoms with Crippen molar-refractivity contribution >= 4 is 0 Å². The quantitative estimate of drug-likeness (QED) is 0.807. The molecule has 0 spiro atoms. The van der Waals surface area contributed by atoms with Gasteiger partial charge in [0.25, 0.3) is 0 Å². The number of nitrogens with zero attached hydrogens (tertiary/aromatic N) is 1. The predicted molar refractivity (Wildman–Crippen MR) is 60.1 cm³/mol. The van der Waals surface area contributed by atoms with Crippen LogP contribution in [0.3, 0.4) is 0 Å². The standard InChI is InChI=1S/C12H16N2O3/c13-7-10-1-2-11(17-10)8-14-9-12(15)3-5-16-6-4-12/h1-2,14-15H,3-6,8-9H2. The van der Waals surface area contributed by atoms with E-state index < -0.39 is 5.60 Å². The molecule has 92 valence electrons. The van der Waals surface area contributed by atoms with Crippen LogP contribution >= 0.6 is 0 Å². The molecule has 1 aromatic rings. The molecule has 0 unspecified atom stereocenters. The Morgan fingerprint density at radius 1 is 1.41 bits per heavy atom. The summed E-state index contributed by atoms with van der Waals surface area (Å²) < 4.78 is 10.4. The van der Waals surface area contributed by atoms with Gasteiger partial charge in [0, 0.05) is 32.6 Å². The van der Waals surface area contributed by atoms with Gasteiger partial charge in [-0.05, 0) is 12.1 Å². The van der Waals surface area contributed by atoms with Gasteiger partial charge in [-0.2, -0.15) is 5.26 Å². The Hall–Kier alpha value is -1.35. The van der Waals surface area contributed by atoms with Crippen LogP contribution in [0.15, 0.2) is 16.5 Å². The summed E-state index contributed by atoms with van der Waals surface area (Å²) in [6.45, 7) is 2.25. The normalized spacial score (nSPS) is 18.8. The molecule has 0 saturated carbocycles. The molecule has 1 aliphatic rings. The summed E-state index contributed by atoms with van der Waals surface area (Å²) in [7, 11) is 0. The monoisotopic (exact) mass is 236 g/mol. The van der Waals surface area contributed by atoms with Crippen LogP contribution in [-0.4, -0.2) is 30.5 Å². The SMILES string of the molecule is N#Cc1ccc(CNCC2(O)CCOCC2)o1. The summed E-state index contributed by atoms with van der Waals surface area (Å²) in [6.07, 6.45) is 1.31. The zero-order valence-electron chi connectivity index (χ0n) is 9.61. The van der Waals surface area contributed by atoms with E-state index >= 15 is 0 Å². The van der Waals surface area contributed by atoms with Crippen molar-refractivity contribution in [3.05, 3.63) is 23.7 Å². The fourth-order valence-corrected chi connectivity index (χ4v) is 1.88. The second-order valence-electron chi connectivity index (χ2n) is 4.32. The Balaban J connectivity index is 1.77. The van der Waals surface area contributed by atoms with Crippen molar-refractivity contribution in [2.75, 3.05) is 19.8 Å². The number of furan rings is 1. The van der Waals surface area contributed by atoms with Crippen molar-refractivity contribution in [1.29, 1.82) is 5.26 Å². The summed E-state index contributed by atoms with van der Waals surface area (Å²) in [4.78, 5) is 0. The van der Waals surface area contributed by atoms with Crippen molar-refractivity contribution in [3.8, 4) is 6.07 Å². The number of nitrogens with one attached hydrogen (secondary N) is 1. The van der Waals surface area contributed by atoms with Gasteiger partial charge in [0.1, 0.15) is 11.8 Å². The molecular formula is C12H16N2O3. The van der Waals surface area contributed by atoms with Crippen LogP contribution in [-0.2, 0) is 11.3 Å². The largest absolute Gasteiger partial charge is 0.449 e. The molecule has 5 heteroatoms. The molecule has 1 aromatic heterocycles. The fourth-order valence-electron chi connectivity index (χ4n) is 1.88. The zero-order valence-corrected chi connectivity index (χ0v) is 9.61. The van der Waals surface area contributed by atoms with Crippen LogP contribution in [0.25, 0.3) is 0 Å². The highest BCUT2D eigenvalue weighted by atomic mass is 16.5. The van der Waals surface area contributed by atoms with Crippen molar-refractivity contribution in [2.45, 2.75) is 25.0 Å². The first-order chi connectivity index (χ1) is 8.22. The molecule has 2 N–H and O–H groups in total. The van der Waals surface area contributed by atoms with Crippen molar-refractivity contribution in [2.24, 2.45) is 0 Å². The Morgan fingerprint density at radius 3 is 2.82 bits per heavy atom. The van der Waals surface area contributed by atoms with Crippen LogP contribution in [0, 0.1) is 11.3 Å². The molecular weight excluding hydrogens is 220 g/mol. The van der Waals surface area contributed by atoms with Gasteiger partial charge in [0.05, 0.1) is 12.1 Å². The summed E-state index contributed by atoms with van der Waals surface area (Å²) in [6, 6.07) is 5.34. The molecule has 0 aliphatic carbocycles. The fraction of sp³-hybridized carbons (Fsp3) is 0.583. The number of rotatable bonds is 4. The van der Waals surface area contributed by atoms with Crippen LogP contribution in [0.2, 0.25) is 0 Å².